The van der Waals surface area contributed by atoms with Crippen LogP contribution in [0.2, 0.25) is 0 Å². The van der Waals surface area contributed by atoms with Gasteiger partial charge in [0.05, 0.1) is 37.1 Å². The number of hydrogen-bond acceptors (Lipinski definition) is 7. The molecule has 1 amide bonds. The minimum absolute atomic E-state index is 0.139. The highest BCUT2D eigenvalue weighted by molar-refractivity contribution is 7.17. The van der Waals surface area contributed by atoms with Gasteiger partial charge in [0.1, 0.15) is 4.88 Å². The predicted octanol–water partition coefficient (Wildman–Crippen LogP) is 3.96. The van der Waals surface area contributed by atoms with Gasteiger partial charge in [-0.15, -0.1) is 0 Å². The van der Waals surface area contributed by atoms with E-state index in [1.165, 1.54) is 6.20 Å². The summed E-state index contributed by atoms with van der Waals surface area (Å²) in [6.07, 6.45) is 1.41. The Morgan fingerprint density at radius 3 is 2.59 bits per heavy atom. The van der Waals surface area contributed by atoms with E-state index in [4.69, 9.17) is 4.74 Å². The van der Waals surface area contributed by atoms with Gasteiger partial charge >= 0.3 is 5.97 Å². The quantitative estimate of drug-likeness (QED) is 0.357. The fourth-order valence-electron chi connectivity index (χ4n) is 3.59. The lowest BCUT2D eigenvalue weighted by atomic mass is 10.2. The molecule has 8 nitrogen and oxygen atoms in total. The molecule has 0 unspecified atom stereocenters. The van der Waals surface area contributed by atoms with Crippen molar-refractivity contribution in [1.82, 2.24) is 14.8 Å². The molecular weight excluding hydrogens is 452 g/mol. The lowest BCUT2D eigenvalue weighted by molar-refractivity contribution is -0.119. The molecule has 0 aliphatic rings. The number of aromatic nitrogens is 3. The van der Waals surface area contributed by atoms with Crippen LogP contribution in [0.25, 0.3) is 10.9 Å². The normalized spacial score (nSPS) is 10.9. The number of para-hydroxylation sites is 1. The van der Waals surface area contributed by atoms with Gasteiger partial charge in [-0.3, -0.25) is 19.2 Å². The van der Waals surface area contributed by atoms with E-state index in [9.17, 15) is 14.4 Å². The van der Waals surface area contributed by atoms with Gasteiger partial charge in [-0.25, -0.2) is 9.78 Å². The summed E-state index contributed by atoms with van der Waals surface area (Å²) in [5.41, 5.74) is 1.98. The Morgan fingerprint density at radius 2 is 1.82 bits per heavy atom. The highest BCUT2D eigenvalue weighted by Gasteiger charge is 2.24. The zero-order valence-corrected chi connectivity index (χ0v) is 19.7. The number of hydrogen-bond donors (Lipinski definition) is 0. The van der Waals surface area contributed by atoms with Crippen LogP contribution in [0.3, 0.4) is 0 Å². The number of nitrogens with zero attached hydrogens (tertiary/aromatic N) is 4. The number of aryl methyl sites for hydroxylation is 2. The van der Waals surface area contributed by atoms with Crippen molar-refractivity contribution in [3.05, 3.63) is 87.2 Å². The average Bonchev–Trinajstić information content (AvgIpc) is 3.24. The monoisotopic (exact) mass is 476 g/mol. The van der Waals surface area contributed by atoms with Crippen LogP contribution >= 0.6 is 11.3 Å². The number of esters is 1. The number of anilines is 1. The van der Waals surface area contributed by atoms with Gasteiger partial charge < -0.3 is 4.74 Å². The molecule has 2 aromatic heterocycles. The Kier molecular flexibility index (Phi) is 7.12. The molecule has 0 N–H and O–H groups in total. The van der Waals surface area contributed by atoms with Crippen molar-refractivity contribution in [2.24, 2.45) is 0 Å². The molecule has 0 aliphatic carbocycles. The van der Waals surface area contributed by atoms with E-state index < -0.39 is 5.97 Å². The van der Waals surface area contributed by atoms with Crippen LogP contribution in [0.4, 0.5) is 5.13 Å². The van der Waals surface area contributed by atoms with Crippen LogP contribution in [-0.4, -0.2) is 33.2 Å². The smallest absolute Gasteiger partial charge is 0.350 e. The van der Waals surface area contributed by atoms with E-state index in [-0.39, 0.29) is 24.4 Å². The molecule has 9 heteroatoms. The summed E-state index contributed by atoms with van der Waals surface area (Å²) in [7, 11) is 0. The molecule has 0 radical (unpaired) electrons. The van der Waals surface area contributed by atoms with Crippen molar-refractivity contribution in [1.29, 1.82) is 0 Å². The van der Waals surface area contributed by atoms with E-state index in [1.807, 2.05) is 42.5 Å². The molecule has 0 saturated heterocycles. The van der Waals surface area contributed by atoms with Gasteiger partial charge in [0.25, 0.3) is 0 Å². The summed E-state index contributed by atoms with van der Waals surface area (Å²) in [5.74, 6) is -0.614. The second-order valence-corrected chi connectivity index (χ2v) is 8.57. The molecule has 0 spiro atoms. The van der Waals surface area contributed by atoms with Crippen LogP contribution in [0.1, 0.15) is 34.3 Å². The third kappa shape index (κ3) is 5.04. The van der Waals surface area contributed by atoms with Crippen molar-refractivity contribution in [3.63, 3.8) is 0 Å². The van der Waals surface area contributed by atoms with Gasteiger partial charge in [-0.1, -0.05) is 53.8 Å². The Balaban J connectivity index is 1.61. The number of amides is 1. The van der Waals surface area contributed by atoms with Crippen LogP contribution in [0, 0.1) is 6.92 Å². The summed E-state index contributed by atoms with van der Waals surface area (Å²) in [4.78, 5) is 44.3. The largest absolute Gasteiger partial charge is 0.462 e. The Morgan fingerprint density at radius 1 is 1.09 bits per heavy atom. The van der Waals surface area contributed by atoms with Gasteiger partial charge in [0.2, 0.25) is 11.3 Å². The van der Waals surface area contributed by atoms with Gasteiger partial charge in [0.15, 0.2) is 5.13 Å². The van der Waals surface area contributed by atoms with E-state index in [0.29, 0.717) is 39.7 Å². The minimum Gasteiger partial charge on any atom is -0.462 e. The molecule has 4 rings (SSSR count). The number of carbonyl (C=O) groups excluding carboxylic acids is 2. The molecule has 34 heavy (non-hydrogen) atoms. The first-order valence-electron chi connectivity index (χ1n) is 10.9. The Hall–Kier alpha value is -3.85. The van der Waals surface area contributed by atoms with Crippen molar-refractivity contribution in [2.75, 3.05) is 11.5 Å². The standard InChI is InChI=1S/C25H24N4O4S/c1-3-33-24(32)23-17(2)27-25(34-23)28(16-18-9-5-4-6-10-18)22(31)13-14-29-20-12-8-7-11-19(20)21(30)15-26-29/h4-12,15H,3,13-14,16H2,1-2H3. The second kappa shape index (κ2) is 10.4. The first kappa shape index (κ1) is 23.3. The molecule has 0 bridgehead atoms. The van der Waals surface area contributed by atoms with Gasteiger partial charge in [0, 0.05) is 11.8 Å². The van der Waals surface area contributed by atoms with E-state index in [0.717, 1.165) is 16.9 Å². The summed E-state index contributed by atoms with van der Waals surface area (Å²) < 4.78 is 6.79. The topological polar surface area (TPSA) is 94.4 Å². The third-order valence-electron chi connectivity index (χ3n) is 5.26. The van der Waals surface area contributed by atoms with Crippen molar-refractivity contribution < 1.29 is 14.3 Å². The number of ether oxygens (including phenoxy) is 1. The van der Waals surface area contributed by atoms with Crippen LogP contribution in [-0.2, 0) is 22.6 Å². The molecule has 174 valence electrons. The van der Waals surface area contributed by atoms with Crippen molar-refractivity contribution >= 4 is 39.2 Å². The fraction of sp³-hybridized carbons (Fsp3) is 0.240. The molecule has 0 saturated carbocycles. The SMILES string of the molecule is CCOC(=O)c1sc(N(Cc2ccccc2)C(=O)CCn2ncc(=O)c3ccccc32)nc1C. The van der Waals surface area contributed by atoms with Crippen molar-refractivity contribution in [3.8, 4) is 0 Å². The van der Waals surface area contributed by atoms with Gasteiger partial charge in [-0.05, 0) is 31.5 Å². The maximum Gasteiger partial charge on any atom is 0.350 e. The summed E-state index contributed by atoms with van der Waals surface area (Å²) >= 11 is 1.15. The van der Waals surface area contributed by atoms with Crippen molar-refractivity contribution in [2.45, 2.75) is 33.4 Å². The summed E-state index contributed by atoms with van der Waals surface area (Å²) in [5, 5.41) is 5.21. The van der Waals surface area contributed by atoms with Gasteiger partial charge in [-0.2, -0.15) is 5.10 Å². The lowest BCUT2D eigenvalue weighted by Crippen LogP contribution is -2.31. The number of fused-ring (bicyclic) bond motifs is 1. The number of thiazole rings is 1. The highest BCUT2D eigenvalue weighted by Crippen LogP contribution is 2.29. The zero-order valence-electron chi connectivity index (χ0n) is 18.9. The van der Waals surface area contributed by atoms with Crippen LogP contribution in [0.5, 0.6) is 0 Å². The predicted molar refractivity (Wildman–Crippen MR) is 131 cm³/mol. The minimum atomic E-state index is -0.445. The van der Waals surface area contributed by atoms with E-state index >= 15 is 0 Å². The maximum absolute atomic E-state index is 13.4. The Bertz CT molecular complexity index is 1380. The van der Waals surface area contributed by atoms with Crippen LogP contribution < -0.4 is 10.3 Å². The zero-order chi connectivity index (χ0) is 24.1. The maximum atomic E-state index is 13.4. The second-order valence-electron chi connectivity index (χ2n) is 7.60. The summed E-state index contributed by atoms with van der Waals surface area (Å²) in [6, 6.07) is 16.8. The molecule has 4 aromatic rings. The Labute approximate surface area is 200 Å². The number of benzene rings is 2. The molecule has 2 heterocycles. The lowest BCUT2D eigenvalue weighted by Gasteiger charge is -2.20. The third-order valence-corrected chi connectivity index (χ3v) is 6.42. The molecule has 2 aromatic carbocycles. The van der Waals surface area contributed by atoms with E-state index in [1.54, 1.807) is 35.6 Å². The molecule has 0 aliphatic heterocycles. The highest BCUT2D eigenvalue weighted by atomic mass is 32.1. The molecule has 0 atom stereocenters. The number of carbonyl (C=O) groups is 2. The molecular formula is C25H24N4O4S. The summed E-state index contributed by atoms with van der Waals surface area (Å²) in [6.45, 7) is 4.34. The average molecular weight is 477 g/mol. The first-order valence-corrected chi connectivity index (χ1v) is 11.7. The number of rotatable bonds is 8. The van der Waals surface area contributed by atoms with E-state index in [2.05, 4.69) is 10.1 Å². The van der Waals surface area contributed by atoms with Crippen LogP contribution in [0.15, 0.2) is 65.6 Å². The fourth-order valence-corrected chi connectivity index (χ4v) is 4.57. The molecule has 0 fully saturated rings. The first-order chi connectivity index (χ1) is 16.5.